The van der Waals surface area contributed by atoms with Crippen LogP contribution in [0, 0.1) is 6.92 Å². The third-order valence-electron chi connectivity index (χ3n) is 3.50. The number of alkyl halides is 3. The van der Waals surface area contributed by atoms with Crippen molar-refractivity contribution in [1.82, 2.24) is 4.98 Å². The van der Waals surface area contributed by atoms with Gasteiger partial charge in [0, 0.05) is 29.5 Å². The highest BCUT2D eigenvalue weighted by atomic mass is 35.5. The second-order valence-corrected chi connectivity index (χ2v) is 5.92. The lowest BCUT2D eigenvalue weighted by Gasteiger charge is -2.17. The lowest BCUT2D eigenvalue weighted by atomic mass is 10.1. The first kappa shape index (κ1) is 19.7. The van der Waals surface area contributed by atoms with Crippen molar-refractivity contribution in [1.29, 1.82) is 0 Å². The smallest absolute Gasteiger partial charge is 0.355 e. The van der Waals surface area contributed by atoms with Crippen LogP contribution in [0.1, 0.15) is 18.1 Å². The van der Waals surface area contributed by atoms with Crippen molar-refractivity contribution in [3.8, 4) is 0 Å². The largest absolute Gasteiger partial charge is 0.421 e. The van der Waals surface area contributed by atoms with Gasteiger partial charge in [-0.1, -0.05) is 35.9 Å². The fraction of sp³-hybridized carbons (Fsp3) is 0.158. The first-order chi connectivity index (χ1) is 12.2. The van der Waals surface area contributed by atoms with Gasteiger partial charge in [-0.15, -0.1) is 0 Å². The number of hydrogen-bond donors (Lipinski definition) is 1. The average molecular weight is 380 g/mol. The first-order valence-corrected chi connectivity index (χ1v) is 8.02. The average Bonchev–Trinajstić information content (AvgIpc) is 2.56. The summed E-state index contributed by atoms with van der Waals surface area (Å²) in [6.45, 7) is 6.94. The van der Waals surface area contributed by atoms with Gasteiger partial charge in [-0.2, -0.15) is 13.2 Å². The SMILES string of the molecule is C=C(Nc1ccc(C)cc1)/C(=C(Cl)\N=C(/C)c1ccncc1)C(F)(F)F. The van der Waals surface area contributed by atoms with Crippen molar-refractivity contribution < 1.29 is 13.2 Å². The minimum Gasteiger partial charge on any atom is -0.355 e. The highest BCUT2D eigenvalue weighted by molar-refractivity contribution is 6.31. The van der Waals surface area contributed by atoms with Crippen LogP contribution in [0.2, 0.25) is 0 Å². The number of allylic oxidation sites excluding steroid dienone is 1. The van der Waals surface area contributed by atoms with E-state index >= 15 is 0 Å². The molecule has 0 amide bonds. The molecule has 136 valence electrons. The lowest BCUT2D eigenvalue weighted by molar-refractivity contribution is -0.0895. The first-order valence-electron chi connectivity index (χ1n) is 7.64. The van der Waals surface area contributed by atoms with Crippen LogP contribution in [0.25, 0.3) is 0 Å². The molecule has 7 heteroatoms. The van der Waals surface area contributed by atoms with E-state index in [2.05, 4.69) is 21.9 Å². The van der Waals surface area contributed by atoms with E-state index in [1.165, 1.54) is 12.4 Å². The van der Waals surface area contributed by atoms with Crippen LogP contribution in [-0.2, 0) is 0 Å². The van der Waals surface area contributed by atoms with Gasteiger partial charge in [0.1, 0.15) is 10.7 Å². The molecule has 2 aromatic rings. The maximum Gasteiger partial charge on any atom is 0.421 e. The molecule has 0 bridgehead atoms. The number of nitrogens with one attached hydrogen (secondary N) is 1. The second-order valence-electron chi connectivity index (χ2n) is 5.57. The standard InChI is InChI=1S/C19H17ClF3N3/c1-12-4-6-16(7-5-12)25-14(3)17(19(21,22)23)18(20)26-13(2)15-8-10-24-11-9-15/h4-11,25H,3H2,1-2H3/b18-17+,26-13+. The molecule has 26 heavy (non-hydrogen) atoms. The molecular weight excluding hydrogens is 363 g/mol. The maximum atomic E-state index is 13.5. The van der Waals surface area contributed by atoms with Crippen LogP contribution < -0.4 is 5.32 Å². The van der Waals surface area contributed by atoms with Gasteiger partial charge in [-0.3, -0.25) is 4.98 Å². The van der Waals surface area contributed by atoms with E-state index in [-0.39, 0.29) is 5.70 Å². The van der Waals surface area contributed by atoms with Crippen LogP contribution in [0.4, 0.5) is 18.9 Å². The van der Waals surface area contributed by atoms with Gasteiger partial charge in [0.25, 0.3) is 0 Å². The Bertz CT molecular complexity index is 839. The zero-order valence-corrected chi connectivity index (χ0v) is 15.0. The Morgan fingerprint density at radius 1 is 1.12 bits per heavy atom. The maximum absolute atomic E-state index is 13.5. The number of anilines is 1. The van der Waals surface area contributed by atoms with E-state index in [0.29, 0.717) is 17.0 Å². The van der Waals surface area contributed by atoms with Crippen molar-refractivity contribution in [3.63, 3.8) is 0 Å². The fourth-order valence-electron chi connectivity index (χ4n) is 2.15. The molecule has 0 atom stereocenters. The van der Waals surface area contributed by atoms with Crippen molar-refractivity contribution >= 4 is 23.0 Å². The summed E-state index contributed by atoms with van der Waals surface area (Å²) in [6.07, 6.45) is -1.67. The highest BCUT2D eigenvalue weighted by Gasteiger charge is 2.38. The van der Waals surface area contributed by atoms with Gasteiger partial charge in [-0.05, 0) is 43.7 Å². The lowest BCUT2D eigenvalue weighted by Crippen LogP contribution is -2.19. The van der Waals surface area contributed by atoms with E-state index in [1.54, 1.807) is 43.3 Å². The summed E-state index contributed by atoms with van der Waals surface area (Å²) in [5, 5.41) is 1.95. The van der Waals surface area contributed by atoms with Crippen molar-refractivity contribution in [2.24, 2.45) is 4.99 Å². The molecule has 0 aliphatic carbocycles. The Balaban J connectivity index is 2.37. The van der Waals surface area contributed by atoms with Crippen LogP contribution >= 0.6 is 11.6 Å². The molecule has 0 aliphatic heterocycles. The molecular formula is C19H17ClF3N3. The van der Waals surface area contributed by atoms with E-state index < -0.39 is 16.9 Å². The molecule has 1 heterocycles. The normalized spacial score (nSPS) is 13.2. The third kappa shape index (κ3) is 5.20. The molecule has 1 N–H and O–H groups in total. The van der Waals surface area contributed by atoms with E-state index in [9.17, 15) is 13.2 Å². The fourth-order valence-corrected chi connectivity index (χ4v) is 2.49. The minimum absolute atomic E-state index is 0.335. The van der Waals surface area contributed by atoms with Gasteiger partial charge >= 0.3 is 6.18 Å². The number of aromatic nitrogens is 1. The predicted molar refractivity (Wildman–Crippen MR) is 99.3 cm³/mol. The molecule has 0 unspecified atom stereocenters. The third-order valence-corrected chi connectivity index (χ3v) is 3.78. The zero-order chi connectivity index (χ0) is 19.3. The molecule has 0 fully saturated rings. The van der Waals surface area contributed by atoms with Gasteiger partial charge < -0.3 is 5.32 Å². The molecule has 1 aromatic carbocycles. The number of hydrogen-bond acceptors (Lipinski definition) is 3. The summed E-state index contributed by atoms with van der Waals surface area (Å²) in [7, 11) is 0. The van der Waals surface area contributed by atoms with Crippen LogP contribution in [0.15, 0.2) is 76.8 Å². The quantitative estimate of drug-likeness (QED) is 0.402. The zero-order valence-electron chi connectivity index (χ0n) is 14.2. The van der Waals surface area contributed by atoms with Gasteiger partial charge in [0.05, 0.1) is 0 Å². The highest BCUT2D eigenvalue weighted by Crippen LogP contribution is 2.35. The van der Waals surface area contributed by atoms with E-state index in [0.717, 1.165) is 5.56 Å². The van der Waals surface area contributed by atoms with E-state index in [4.69, 9.17) is 11.6 Å². The molecule has 2 rings (SSSR count). The molecule has 0 radical (unpaired) electrons. The summed E-state index contributed by atoms with van der Waals surface area (Å²) < 4.78 is 40.6. The van der Waals surface area contributed by atoms with E-state index in [1.807, 2.05) is 6.92 Å². The second kappa shape index (κ2) is 8.19. The molecule has 0 saturated heterocycles. The summed E-state index contributed by atoms with van der Waals surface area (Å²) in [6, 6.07) is 10.1. The summed E-state index contributed by atoms with van der Waals surface area (Å²) in [5.41, 5.74) is 0.926. The molecule has 3 nitrogen and oxygen atoms in total. The Labute approximate surface area is 154 Å². The minimum atomic E-state index is -4.71. The van der Waals surface area contributed by atoms with Gasteiger partial charge in [0.15, 0.2) is 0 Å². The van der Waals surface area contributed by atoms with Crippen LogP contribution in [0.5, 0.6) is 0 Å². The number of aryl methyl sites for hydroxylation is 1. The molecule has 1 aromatic heterocycles. The van der Waals surface area contributed by atoms with Crippen molar-refractivity contribution in [2.45, 2.75) is 20.0 Å². The number of pyridine rings is 1. The predicted octanol–water partition coefficient (Wildman–Crippen LogP) is 5.84. The van der Waals surface area contributed by atoms with Crippen molar-refractivity contribution in [3.05, 3.63) is 82.9 Å². The van der Waals surface area contributed by atoms with Gasteiger partial charge in [-0.25, -0.2) is 4.99 Å². The number of halogens is 4. The topological polar surface area (TPSA) is 37.3 Å². The number of nitrogens with zero attached hydrogens (tertiary/aromatic N) is 2. The monoisotopic (exact) mass is 379 g/mol. The Morgan fingerprint density at radius 3 is 2.23 bits per heavy atom. The van der Waals surface area contributed by atoms with Crippen LogP contribution in [0.3, 0.4) is 0 Å². The number of aliphatic imine (C=N–C) groups is 1. The summed E-state index contributed by atoms with van der Waals surface area (Å²) >= 11 is 5.92. The Hall–Kier alpha value is -2.60. The van der Waals surface area contributed by atoms with Gasteiger partial charge in [0.2, 0.25) is 0 Å². The molecule has 0 aliphatic rings. The van der Waals surface area contributed by atoms with Crippen LogP contribution in [-0.4, -0.2) is 16.9 Å². The Kier molecular flexibility index (Phi) is 6.21. The molecule has 0 spiro atoms. The summed E-state index contributed by atoms with van der Waals surface area (Å²) in [4.78, 5) is 7.76. The number of rotatable bonds is 5. The van der Waals surface area contributed by atoms with Crippen molar-refractivity contribution in [2.75, 3.05) is 5.32 Å². The molecule has 0 saturated carbocycles. The Morgan fingerprint density at radius 2 is 1.69 bits per heavy atom. The summed E-state index contributed by atoms with van der Waals surface area (Å²) in [5.74, 6) is 0. The number of benzene rings is 1.